The molecule has 1 aromatic heterocycles. The van der Waals surface area contributed by atoms with Crippen molar-refractivity contribution in [2.45, 2.75) is 13.5 Å². The molecule has 0 saturated carbocycles. The predicted molar refractivity (Wildman–Crippen MR) is 99.0 cm³/mol. The maximum absolute atomic E-state index is 13.8. The Bertz CT molecular complexity index is 983. The van der Waals surface area contributed by atoms with E-state index in [-0.39, 0.29) is 24.7 Å². The third-order valence-corrected chi connectivity index (χ3v) is 4.71. The third-order valence-electron chi connectivity index (χ3n) is 4.07. The fourth-order valence-corrected chi connectivity index (χ4v) is 3.14. The Morgan fingerprint density at radius 1 is 1.31 bits per heavy atom. The monoisotopic (exact) mass is 421 g/mol. The third kappa shape index (κ3) is 3.26. The minimum absolute atomic E-state index is 0.00946. The number of rotatable bonds is 5. The van der Waals surface area contributed by atoms with Crippen molar-refractivity contribution in [1.29, 1.82) is 0 Å². The van der Waals surface area contributed by atoms with Crippen LogP contribution in [0.1, 0.15) is 23.0 Å². The molecule has 2 aromatic carbocycles. The minimum atomic E-state index is -0.521. The molecule has 26 heavy (non-hydrogen) atoms. The molecule has 1 heterocycles. The molecule has 0 bridgehead atoms. The number of para-hydroxylation sites is 1. The summed E-state index contributed by atoms with van der Waals surface area (Å²) in [7, 11) is 1.77. The molecule has 0 unspecified atom stereocenters. The molecule has 0 spiro atoms. The smallest absolute Gasteiger partial charge is 0.340 e. The van der Waals surface area contributed by atoms with Crippen molar-refractivity contribution in [3.05, 3.63) is 57.9 Å². The van der Waals surface area contributed by atoms with E-state index in [1.54, 1.807) is 36.7 Å². The van der Waals surface area contributed by atoms with Crippen LogP contribution in [0, 0.1) is 5.82 Å². The van der Waals surface area contributed by atoms with Gasteiger partial charge in [-0.1, -0.05) is 12.1 Å². The van der Waals surface area contributed by atoms with Gasteiger partial charge in [-0.3, -0.25) is 0 Å². The van der Waals surface area contributed by atoms with E-state index < -0.39 is 11.8 Å². The highest BCUT2D eigenvalue weighted by molar-refractivity contribution is 9.10. The number of esters is 1. The highest BCUT2D eigenvalue weighted by atomic mass is 79.9. The lowest BCUT2D eigenvalue weighted by Gasteiger charge is -2.10. The Kier molecular flexibility index (Phi) is 5.18. The summed E-state index contributed by atoms with van der Waals surface area (Å²) in [6.45, 7) is 1.90. The van der Waals surface area contributed by atoms with Gasteiger partial charge in [0.25, 0.3) is 0 Å². The Balaban J connectivity index is 2.10. The number of aryl methyl sites for hydroxylation is 1. The molecule has 3 rings (SSSR count). The molecule has 5 nitrogen and oxygen atoms in total. The van der Waals surface area contributed by atoms with E-state index in [1.165, 1.54) is 18.2 Å². The van der Waals surface area contributed by atoms with E-state index in [4.69, 9.17) is 9.47 Å². The van der Waals surface area contributed by atoms with Gasteiger partial charge in [0.15, 0.2) is 11.6 Å². The molecule has 0 saturated heterocycles. The number of carbonyl (C=O) groups excluding carboxylic acids is 1. The number of phenolic OH excluding ortho intramolecular Hbond substituents is 1. The van der Waals surface area contributed by atoms with Crippen LogP contribution in [0.3, 0.4) is 0 Å². The number of aromatic nitrogens is 1. The number of benzene rings is 2. The average Bonchev–Trinajstić information content (AvgIpc) is 2.87. The van der Waals surface area contributed by atoms with E-state index in [2.05, 4.69) is 15.9 Å². The summed E-state index contributed by atoms with van der Waals surface area (Å²) in [6.07, 6.45) is 0. The summed E-state index contributed by atoms with van der Waals surface area (Å²) in [6, 6.07) is 9.27. The molecule has 0 fully saturated rings. The van der Waals surface area contributed by atoms with Crippen LogP contribution < -0.4 is 4.74 Å². The highest BCUT2D eigenvalue weighted by Gasteiger charge is 2.24. The summed E-state index contributed by atoms with van der Waals surface area (Å²) >= 11 is 3.28. The summed E-state index contributed by atoms with van der Waals surface area (Å²) in [5.41, 5.74) is 1.53. The molecular weight excluding hydrogens is 405 g/mol. The summed E-state index contributed by atoms with van der Waals surface area (Å²) in [5, 5.41) is 10.5. The quantitative estimate of drug-likeness (QED) is 0.614. The second-order valence-electron chi connectivity index (χ2n) is 5.64. The van der Waals surface area contributed by atoms with Gasteiger partial charge < -0.3 is 19.1 Å². The number of fused-ring (bicyclic) bond motifs is 1. The number of carbonyl (C=O) groups is 1. The standard InChI is InChI=1S/C19H17BrFNO4/c1-3-25-19(24)18-11-8-16(23)12(20)9-14(11)22(2)15(18)10-26-17-7-5-4-6-13(17)21/h4-9,23H,3,10H2,1-2H3. The van der Waals surface area contributed by atoms with Crippen molar-refractivity contribution in [1.82, 2.24) is 4.57 Å². The zero-order valence-corrected chi connectivity index (χ0v) is 15.8. The topological polar surface area (TPSA) is 60.7 Å². The second kappa shape index (κ2) is 7.37. The molecule has 0 atom stereocenters. The number of aromatic hydroxyl groups is 1. The van der Waals surface area contributed by atoms with E-state index >= 15 is 0 Å². The Labute approximate surface area is 158 Å². The first-order chi connectivity index (χ1) is 12.4. The normalized spacial score (nSPS) is 10.9. The van der Waals surface area contributed by atoms with Crippen molar-refractivity contribution in [3.63, 3.8) is 0 Å². The van der Waals surface area contributed by atoms with Crippen molar-refractivity contribution >= 4 is 32.8 Å². The number of hydrogen-bond acceptors (Lipinski definition) is 4. The number of ether oxygens (including phenoxy) is 2. The molecule has 0 aliphatic heterocycles. The summed E-state index contributed by atoms with van der Waals surface area (Å²) in [5.74, 6) is -0.900. The van der Waals surface area contributed by atoms with Crippen LogP contribution in [-0.2, 0) is 18.4 Å². The summed E-state index contributed by atoms with van der Waals surface area (Å²) < 4.78 is 26.8. The van der Waals surface area contributed by atoms with Gasteiger partial charge in [0, 0.05) is 12.4 Å². The summed E-state index contributed by atoms with van der Waals surface area (Å²) in [4.78, 5) is 12.5. The van der Waals surface area contributed by atoms with E-state index in [1.807, 2.05) is 0 Å². The maximum Gasteiger partial charge on any atom is 0.340 e. The average molecular weight is 422 g/mol. The van der Waals surface area contributed by atoms with Gasteiger partial charge in [0.05, 0.1) is 27.9 Å². The van der Waals surface area contributed by atoms with Crippen molar-refractivity contribution in [3.8, 4) is 11.5 Å². The van der Waals surface area contributed by atoms with Gasteiger partial charge in [0.1, 0.15) is 12.4 Å². The molecule has 7 heteroatoms. The lowest BCUT2D eigenvalue weighted by atomic mass is 10.1. The molecular formula is C19H17BrFNO4. The largest absolute Gasteiger partial charge is 0.507 e. The number of phenols is 1. The molecule has 1 N–H and O–H groups in total. The van der Waals surface area contributed by atoms with Gasteiger partial charge in [-0.2, -0.15) is 0 Å². The predicted octanol–water partition coefficient (Wildman–Crippen LogP) is 4.54. The first-order valence-electron chi connectivity index (χ1n) is 7.98. The van der Waals surface area contributed by atoms with Crippen LogP contribution in [0.25, 0.3) is 10.9 Å². The van der Waals surface area contributed by atoms with Crippen LogP contribution in [0.15, 0.2) is 40.9 Å². The van der Waals surface area contributed by atoms with Crippen molar-refractivity contribution in [2.24, 2.45) is 7.05 Å². The fraction of sp³-hybridized carbons (Fsp3) is 0.211. The van der Waals surface area contributed by atoms with Gasteiger partial charge in [-0.05, 0) is 47.1 Å². The zero-order chi connectivity index (χ0) is 18.8. The first kappa shape index (κ1) is 18.3. The second-order valence-corrected chi connectivity index (χ2v) is 6.50. The van der Waals surface area contributed by atoms with Crippen molar-refractivity contribution in [2.75, 3.05) is 6.61 Å². The molecule has 0 amide bonds. The van der Waals surface area contributed by atoms with E-state index in [9.17, 15) is 14.3 Å². The van der Waals surface area contributed by atoms with Crippen LogP contribution in [0.2, 0.25) is 0 Å². The molecule has 0 aliphatic rings. The van der Waals surface area contributed by atoms with Crippen LogP contribution in [-0.4, -0.2) is 22.2 Å². The lowest BCUT2D eigenvalue weighted by Crippen LogP contribution is -2.11. The van der Waals surface area contributed by atoms with Gasteiger partial charge in [-0.25, -0.2) is 9.18 Å². The van der Waals surface area contributed by atoms with Gasteiger partial charge in [0.2, 0.25) is 0 Å². The zero-order valence-electron chi connectivity index (χ0n) is 14.3. The highest BCUT2D eigenvalue weighted by Crippen LogP contribution is 2.35. The van der Waals surface area contributed by atoms with Gasteiger partial charge in [-0.15, -0.1) is 0 Å². The van der Waals surface area contributed by atoms with Gasteiger partial charge >= 0.3 is 5.97 Å². The van der Waals surface area contributed by atoms with Crippen LogP contribution >= 0.6 is 15.9 Å². The molecule has 0 radical (unpaired) electrons. The first-order valence-corrected chi connectivity index (χ1v) is 8.77. The number of hydrogen-bond donors (Lipinski definition) is 1. The SMILES string of the molecule is CCOC(=O)c1c(COc2ccccc2F)n(C)c2cc(Br)c(O)cc12. The number of nitrogens with zero attached hydrogens (tertiary/aromatic N) is 1. The Morgan fingerprint density at radius 2 is 2.04 bits per heavy atom. The van der Waals surface area contributed by atoms with E-state index in [0.717, 1.165) is 0 Å². The number of halogens is 2. The fourth-order valence-electron chi connectivity index (χ4n) is 2.81. The van der Waals surface area contributed by atoms with Crippen LogP contribution in [0.4, 0.5) is 4.39 Å². The molecule has 0 aliphatic carbocycles. The van der Waals surface area contributed by atoms with Crippen molar-refractivity contribution < 1.29 is 23.8 Å². The Hall–Kier alpha value is -2.54. The molecule has 3 aromatic rings. The van der Waals surface area contributed by atoms with E-state index in [0.29, 0.717) is 26.6 Å². The van der Waals surface area contributed by atoms with Crippen LogP contribution in [0.5, 0.6) is 11.5 Å². The lowest BCUT2D eigenvalue weighted by molar-refractivity contribution is 0.0525. The minimum Gasteiger partial charge on any atom is -0.507 e. The molecule has 136 valence electrons. The maximum atomic E-state index is 13.8. The Morgan fingerprint density at radius 3 is 2.73 bits per heavy atom.